The summed E-state index contributed by atoms with van der Waals surface area (Å²) < 4.78 is 6.38. The number of aliphatic hydroxyl groups is 1. The molecule has 0 aliphatic heterocycles. The Morgan fingerprint density at radius 3 is 2.55 bits per heavy atom. The molecule has 0 unspecified atom stereocenters. The van der Waals surface area contributed by atoms with E-state index in [0.717, 1.165) is 0 Å². The molecule has 2 amide bonds. The molecule has 29 heavy (non-hydrogen) atoms. The number of likely N-dealkylation sites (N-methyl/N-ethyl adjacent to an activating group) is 1. The lowest BCUT2D eigenvalue weighted by Gasteiger charge is -2.15. The summed E-state index contributed by atoms with van der Waals surface area (Å²) in [5.41, 5.74) is 0.878. The average molecular weight is 403 g/mol. The van der Waals surface area contributed by atoms with E-state index in [0.29, 0.717) is 17.9 Å². The molecule has 0 bridgehead atoms. The lowest BCUT2D eigenvalue weighted by atomic mass is 10.2. The quantitative estimate of drug-likeness (QED) is 0.434. The third kappa shape index (κ3) is 7.01. The van der Waals surface area contributed by atoms with Gasteiger partial charge in [0.25, 0.3) is 0 Å². The second kappa shape index (κ2) is 10.3. The molecule has 1 atom stereocenters. The van der Waals surface area contributed by atoms with E-state index in [9.17, 15) is 19.5 Å². The molecule has 0 aliphatic rings. The summed E-state index contributed by atoms with van der Waals surface area (Å²) in [5, 5.41) is 18.8. The number of aliphatic hydroxyl groups excluding tert-OH is 1. The first kappa shape index (κ1) is 22.1. The Morgan fingerprint density at radius 1 is 1.21 bits per heavy atom. The van der Waals surface area contributed by atoms with Gasteiger partial charge in [-0.15, -0.1) is 0 Å². The SMILES string of the molecule is CCOC(=O)c1cccc(NC(=O)C(=O)Nc2cnn(C[C@@H](O)CN(C)C)c2)c1. The third-order valence-corrected chi connectivity index (χ3v) is 3.70. The Kier molecular flexibility index (Phi) is 7.87. The molecule has 156 valence electrons. The van der Waals surface area contributed by atoms with Crippen LogP contribution >= 0.6 is 0 Å². The Morgan fingerprint density at radius 2 is 1.90 bits per heavy atom. The van der Waals surface area contributed by atoms with Crippen molar-refractivity contribution in [2.45, 2.75) is 19.6 Å². The fourth-order valence-corrected chi connectivity index (χ4v) is 2.54. The topological polar surface area (TPSA) is 126 Å². The molecular formula is C19H25N5O5. The van der Waals surface area contributed by atoms with E-state index in [2.05, 4.69) is 15.7 Å². The number of ether oxygens (including phenoxy) is 1. The van der Waals surface area contributed by atoms with Crippen LogP contribution in [0.1, 0.15) is 17.3 Å². The van der Waals surface area contributed by atoms with E-state index in [1.165, 1.54) is 23.1 Å². The van der Waals surface area contributed by atoms with Gasteiger partial charge in [-0.2, -0.15) is 5.10 Å². The molecule has 1 heterocycles. The minimum atomic E-state index is -0.897. The van der Waals surface area contributed by atoms with Crippen molar-refractivity contribution >= 4 is 29.2 Å². The number of amides is 2. The summed E-state index contributed by atoms with van der Waals surface area (Å²) in [6.45, 7) is 2.65. The van der Waals surface area contributed by atoms with E-state index >= 15 is 0 Å². The molecule has 10 nitrogen and oxygen atoms in total. The number of carbonyl (C=O) groups is 3. The lowest BCUT2D eigenvalue weighted by molar-refractivity contribution is -0.132. The molecule has 2 aromatic rings. The Labute approximate surface area is 168 Å². The molecule has 2 rings (SSSR count). The predicted molar refractivity (Wildman–Crippen MR) is 106 cm³/mol. The lowest BCUT2D eigenvalue weighted by Crippen LogP contribution is -2.30. The van der Waals surface area contributed by atoms with Gasteiger partial charge in [-0.1, -0.05) is 6.07 Å². The zero-order valence-corrected chi connectivity index (χ0v) is 16.6. The summed E-state index contributed by atoms with van der Waals surface area (Å²) in [6, 6.07) is 6.10. The van der Waals surface area contributed by atoms with Crippen molar-refractivity contribution in [3.05, 3.63) is 42.2 Å². The monoisotopic (exact) mass is 403 g/mol. The molecule has 0 aliphatic carbocycles. The van der Waals surface area contributed by atoms with E-state index in [4.69, 9.17) is 4.74 Å². The number of carbonyl (C=O) groups excluding carboxylic acids is 3. The highest BCUT2D eigenvalue weighted by Crippen LogP contribution is 2.12. The zero-order chi connectivity index (χ0) is 21.4. The van der Waals surface area contributed by atoms with Crippen molar-refractivity contribution in [2.24, 2.45) is 0 Å². The molecule has 1 aromatic heterocycles. The molecule has 3 N–H and O–H groups in total. The van der Waals surface area contributed by atoms with Crippen molar-refractivity contribution < 1.29 is 24.2 Å². The number of aromatic nitrogens is 2. The minimum Gasteiger partial charge on any atom is -0.462 e. The summed E-state index contributed by atoms with van der Waals surface area (Å²) in [4.78, 5) is 37.8. The van der Waals surface area contributed by atoms with E-state index < -0.39 is 23.9 Å². The highest BCUT2D eigenvalue weighted by molar-refractivity contribution is 6.43. The number of anilines is 2. The van der Waals surface area contributed by atoms with Gasteiger partial charge in [-0.3, -0.25) is 14.3 Å². The van der Waals surface area contributed by atoms with Gasteiger partial charge in [0.2, 0.25) is 0 Å². The highest BCUT2D eigenvalue weighted by atomic mass is 16.5. The van der Waals surface area contributed by atoms with Crippen LogP contribution in [-0.4, -0.2) is 70.9 Å². The van der Waals surface area contributed by atoms with Gasteiger partial charge in [0.15, 0.2) is 0 Å². The maximum atomic E-state index is 12.1. The highest BCUT2D eigenvalue weighted by Gasteiger charge is 2.16. The van der Waals surface area contributed by atoms with Crippen LogP contribution in [0.25, 0.3) is 0 Å². The van der Waals surface area contributed by atoms with Gasteiger partial charge >= 0.3 is 17.8 Å². The van der Waals surface area contributed by atoms with E-state index in [-0.39, 0.29) is 18.7 Å². The third-order valence-electron chi connectivity index (χ3n) is 3.70. The fraction of sp³-hybridized carbons (Fsp3) is 0.368. The molecular weight excluding hydrogens is 378 g/mol. The van der Waals surface area contributed by atoms with Crippen LogP contribution in [0.15, 0.2) is 36.7 Å². The van der Waals surface area contributed by atoms with Crippen molar-refractivity contribution in [1.82, 2.24) is 14.7 Å². The van der Waals surface area contributed by atoms with Crippen LogP contribution in [-0.2, 0) is 20.9 Å². The number of hydrogen-bond acceptors (Lipinski definition) is 7. The number of hydrogen-bond donors (Lipinski definition) is 3. The van der Waals surface area contributed by atoms with Crippen LogP contribution in [0.5, 0.6) is 0 Å². The first-order valence-electron chi connectivity index (χ1n) is 9.03. The van der Waals surface area contributed by atoms with Gasteiger partial charge in [0.1, 0.15) is 0 Å². The Hall–Kier alpha value is -3.24. The largest absolute Gasteiger partial charge is 0.462 e. The van der Waals surface area contributed by atoms with E-state index in [1.807, 2.05) is 19.0 Å². The van der Waals surface area contributed by atoms with Gasteiger partial charge in [-0.05, 0) is 39.2 Å². The zero-order valence-electron chi connectivity index (χ0n) is 16.6. The van der Waals surface area contributed by atoms with Crippen molar-refractivity contribution in [3.8, 4) is 0 Å². The van der Waals surface area contributed by atoms with Crippen molar-refractivity contribution in [2.75, 3.05) is 37.9 Å². The molecule has 1 aromatic carbocycles. The Balaban J connectivity index is 1.92. The van der Waals surface area contributed by atoms with Crippen LogP contribution in [0, 0.1) is 0 Å². The summed E-state index contributed by atoms with van der Waals surface area (Å²) >= 11 is 0. The first-order valence-corrected chi connectivity index (χ1v) is 9.03. The molecule has 0 radical (unpaired) electrons. The summed E-state index contributed by atoms with van der Waals surface area (Å²) in [6.07, 6.45) is 2.28. The number of nitrogens with zero attached hydrogens (tertiary/aromatic N) is 3. The van der Waals surface area contributed by atoms with Gasteiger partial charge < -0.3 is 25.4 Å². The number of esters is 1. The number of benzene rings is 1. The molecule has 0 fully saturated rings. The number of nitrogens with one attached hydrogen (secondary N) is 2. The Bertz CT molecular complexity index is 864. The molecule has 10 heteroatoms. The predicted octanol–water partition coefficient (Wildman–Crippen LogP) is 0.560. The standard InChI is InChI=1S/C19H25N5O5/c1-4-29-19(28)13-6-5-7-14(8-13)21-17(26)18(27)22-15-9-20-24(10-15)12-16(25)11-23(2)3/h5-10,16,25H,4,11-12H2,1-3H3,(H,21,26)(H,22,27)/t16-/m0/s1. The van der Waals surface area contributed by atoms with Crippen LogP contribution in [0.3, 0.4) is 0 Å². The van der Waals surface area contributed by atoms with Gasteiger partial charge in [-0.25, -0.2) is 4.79 Å². The normalized spacial score (nSPS) is 11.8. The molecule has 0 saturated carbocycles. The molecule has 0 spiro atoms. The van der Waals surface area contributed by atoms with Crippen molar-refractivity contribution in [3.63, 3.8) is 0 Å². The minimum absolute atomic E-state index is 0.234. The second-order valence-electron chi connectivity index (χ2n) is 6.58. The van der Waals surface area contributed by atoms with E-state index in [1.54, 1.807) is 25.1 Å². The van der Waals surface area contributed by atoms with Crippen LogP contribution in [0.4, 0.5) is 11.4 Å². The smallest absolute Gasteiger partial charge is 0.338 e. The summed E-state index contributed by atoms with van der Waals surface area (Å²) in [5.74, 6) is -2.30. The van der Waals surface area contributed by atoms with Crippen LogP contribution in [0.2, 0.25) is 0 Å². The van der Waals surface area contributed by atoms with Gasteiger partial charge in [0.05, 0.1) is 36.7 Å². The summed E-state index contributed by atoms with van der Waals surface area (Å²) in [7, 11) is 3.69. The van der Waals surface area contributed by atoms with Crippen molar-refractivity contribution in [1.29, 1.82) is 0 Å². The van der Waals surface area contributed by atoms with Gasteiger partial charge in [0, 0.05) is 18.4 Å². The first-order chi connectivity index (χ1) is 13.8. The average Bonchev–Trinajstić information content (AvgIpc) is 3.08. The number of rotatable bonds is 8. The maximum Gasteiger partial charge on any atom is 0.338 e. The fourth-order valence-electron chi connectivity index (χ4n) is 2.54. The second-order valence-corrected chi connectivity index (χ2v) is 6.58. The maximum absolute atomic E-state index is 12.1. The molecule has 0 saturated heterocycles. The van der Waals surface area contributed by atoms with Crippen LogP contribution < -0.4 is 10.6 Å².